The van der Waals surface area contributed by atoms with Gasteiger partial charge in [0.05, 0.1) is 0 Å². The molecule has 0 aliphatic carbocycles. The molecule has 1 atom stereocenters. The maximum Gasteiger partial charge on any atom is 0.221 e. The van der Waals surface area contributed by atoms with Crippen molar-refractivity contribution in [2.75, 3.05) is 0 Å². The van der Waals surface area contributed by atoms with E-state index in [1.54, 1.807) is 0 Å². The minimum atomic E-state index is 0.0482. The molecular formula is C23H28N2O. The van der Waals surface area contributed by atoms with Gasteiger partial charge in [-0.3, -0.25) is 4.79 Å². The summed E-state index contributed by atoms with van der Waals surface area (Å²) in [6.07, 6.45) is 2.68. The monoisotopic (exact) mass is 348 g/mol. The molecule has 2 aromatic carbocycles. The number of benzene rings is 2. The summed E-state index contributed by atoms with van der Waals surface area (Å²) in [6.45, 7) is 9.17. The number of carbonyl (C=O) groups excluding carboxylic acids is 1. The Hall–Kier alpha value is -2.55. The fourth-order valence-electron chi connectivity index (χ4n) is 3.59. The Balaban J connectivity index is 2.08. The number of nitrogens with zero attached hydrogens (tertiary/aromatic N) is 1. The SMILES string of the molecule is CCn1cc(C(CC(=O)NC(C)C)c2ccc(C)cc2)c2ccccc21. The molecule has 0 fully saturated rings. The Morgan fingerprint density at radius 3 is 2.42 bits per heavy atom. The average Bonchev–Trinajstić information content (AvgIpc) is 2.99. The van der Waals surface area contributed by atoms with Crippen LogP contribution in [0.4, 0.5) is 0 Å². The molecule has 0 saturated carbocycles. The van der Waals surface area contributed by atoms with Crippen molar-refractivity contribution in [3.8, 4) is 0 Å². The summed E-state index contributed by atoms with van der Waals surface area (Å²) in [6, 6.07) is 17.2. The van der Waals surface area contributed by atoms with Gasteiger partial charge >= 0.3 is 0 Å². The normalized spacial score (nSPS) is 12.5. The first-order chi connectivity index (χ1) is 12.5. The first kappa shape index (κ1) is 18.2. The molecule has 0 spiro atoms. The van der Waals surface area contributed by atoms with E-state index in [0.717, 1.165) is 6.54 Å². The lowest BCUT2D eigenvalue weighted by Gasteiger charge is -2.18. The molecule has 0 saturated heterocycles. The van der Waals surface area contributed by atoms with Gasteiger partial charge in [0.25, 0.3) is 0 Å². The van der Waals surface area contributed by atoms with E-state index < -0.39 is 0 Å². The fraction of sp³-hybridized carbons (Fsp3) is 0.348. The summed E-state index contributed by atoms with van der Waals surface area (Å²) in [5.74, 6) is 0.144. The smallest absolute Gasteiger partial charge is 0.221 e. The number of hydrogen-bond acceptors (Lipinski definition) is 1. The number of rotatable bonds is 6. The molecule has 26 heavy (non-hydrogen) atoms. The topological polar surface area (TPSA) is 34.0 Å². The number of fused-ring (bicyclic) bond motifs is 1. The van der Waals surface area contributed by atoms with Crippen LogP contribution in [0.5, 0.6) is 0 Å². The lowest BCUT2D eigenvalue weighted by atomic mass is 9.87. The van der Waals surface area contributed by atoms with E-state index in [1.807, 2.05) is 13.8 Å². The van der Waals surface area contributed by atoms with E-state index in [2.05, 4.69) is 78.5 Å². The second kappa shape index (κ2) is 7.77. The van der Waals surface area contributed by atoms with E-state index in [9.17, 15) is 4.79 Å². The zero-order valence-electron chi connectivity index (χ0n) is 16.1. The third-order valence-electron chi connectivity index (χ3n) is 4.85. The first-order valence-corrected chi connectivity index (χ1v) is 9.43. The second-order valence-corrected chi connectivity index (χ2v) is 7.28. The van der Waals surface area contributed by atoms with Crippen LogP contribution in [0.1, 0.15) is 49.8 Å². The number of hydrogen-bond donors (Lipinski definition) is 1. The Bertz CT molecular complexity index is 890. The summed E-state index contributed by atoms with van der Waals surface area (Å²) in [5.41, 5.74) is 4.88. The van der Waals surface area contributed by atoms with Gasteiger partial charge in [-0.25, -0.2) is 0 Å². The van der Waals surface area contributed by atoms with Crippen LogP contribution in [-0.2, 0) is 11.3 Å². The van der Waals surface area contributed by atoms with Crippen molar-refractivity contribution in [2.24, 2.45) is 0 Å². The van der Waals surface area contributed by atoms with Gasteiger partial charge in [-0.2, -0.15) is 0 Å². The molecule has 136 valence electrons. The van der Waals surface area contributed by atoms with Gasteiger partial charge in [0, 0.05) is 42.0 Å². The molecule has 0 aliphatic heterocycles. The molecule has 1 unspecified atom stereocenters. The minimum absolute atomic E-state index is 0.0482. The zero-order chi connectivity index (χ0) is 18.7. The third-order valence-corrected chi connectivity index (χ3v) is 4.85. The van der Waals surface area contributed by atoms with E-state index in [-0.39, 0.29) is 17.9 Å². The highest BCUT2D eigenvalue weighted by Crippen LogP contribution is 2.35. The van der Waals surface area contributed by atoms with Crippen LogP contribution >= 0.6 is 0 Å². The van der Waals surface area contributed by atoms with E-state index in [4.69, 9.17) is 0 Å². The Morgan fingerprint density at radius 2 is 1.77 bits per heavy atom. The molecule has 0 bridgehead atoms. The van der Waals surface area contributed by atoms with Gasteiger partial charge in [-0.05, 0) is 44.9 Å². The molecule has 3 heteroatoms. The quantitative estimate of drug-likeness (QED) is 0.667. The summed E-state index contributed by atoms with van der Waals surface area (Å²) >= 11 is 0. The number of aromatic nitrogens is 1. The van der Waals surface area contributed by atoms with Crippen molar-refractivity contribution in [1.29, 1.82) is 0 Å². The highest BCUT2D eigenvalue weighted by atomic mass is 16.1. The number of nitrogens with one attached hydrogen (secondary N) is 1. The lowest BCUT2D eigenvalue weighted by Crippen LogP contribution is -2.31. The van der Waals surface area contributed by atoms with Gasteiger partial charge in [0.1, 0.15) is 0 Å². The maximum atomic E-state index is 12.6. The molecule has 0 aliphatic rings. The van der Waals surface area contributed by atoms with Crippen molar-refractivity contribution in [1.82, 2.24) is 9.88 Å². The Morgan fingerprint density at radius 1 is 1.08 bits per heavy atom. The molecule has 1 N–H and O–H groups in total. The van der Waals surface area contributed by atoms with Crippen molar-refractivity contribution in [3.63, 3.8) is 0 Å². The molecule has 1 amide bonds. The Kier molecular flexibility index (Phi) is 5.46. The molecular weight excluding hydrogens is 320 g/mol. The van der Waals surface area contributed by atoms with Crippen LogP contribution in [0.3, 0.4) is 0 Å². The van der Waals surface area contributed by atoms with E-state index in [1.165, 1.54) is 27.6 Å². The summed E-state index contributed by atoms with van der Waals surface area (Å²) < 4.78 is 2.27. The van der Waals surface area contributed by atoms with Crippen LogP contribution in [0.2, 0.25) is 0 Å². The molecule has 1 heterocycles. The summed E-state index contributed by atoms with van der Waals surface area (Å²) in [4.78, 5) is 12.6. The molecule has 3 aromatic rings. The maximum absolute atomic E-state index is 12.6. The number of carbonyl (C=O) groups is 1. The largest absolute Gasteiger partial charge is 0.354 e. The predicted molar refractivity (Wildman–Crippen MR) is 109 cm³/mol. The molecule has 3 nitrogen and oxygen atoms in total. The number of aryl methyl sites for hydroxylation is 2. The van der Waals surface area contributed by atoms with Gasteiger partial charge in [0.2, 0.25) is 5.91 Å². The van der Waals surface area contributed by atoms with Crippen molar-refractivity contribution >= 4 is 16.8 Å². The number of amides is 1. The molecule has 0 radical (unpaired) electrons. The van der Waals surface area contributed by atoms with Crippen LogP contribution in [0.25, 0.3) is 10.9 Å². The van der Waals surface area contributed by atoms with Gasteiger partial charge in [-0.15, -0.1) is 0 Å². The van der Waals surface area contributed by atoms with Crippen LogP contribution < -0.4 is 5.32 Å². The van der Waals surface area contributed by atoms with Gasteiger partial charge in [0.15, 0.2) is 0 Å². The van der Waals surface area contributed by atoms with Crippen LogP contribution in [0.15, 0.2) is 54.7 Å². The minimum Gasteiger partial charge on any atom is -0.354 e. The van der Waals surface area contributed by atoms with Gasteiger partial charge in [-0.1, -0.05) is 48.0 Å². The Labute approximate surface area is 156 Å². The zero-order valence-corrected chi connectivity index (χ0v) is 16.1. The molecule has 3 rings (SSSR count). The summed E-state index contributed by atoms with van der Waals surface area (Å²) in [7, 11) is 0. The molecule has 1 aromatic heterocycles. The van der Waals surface area contributed by atoms with Crippen molar-refractivity contribution < 1.29 is 4.79 Å². The van der Waals surface area contributed by atoms with E-state index >= 15 is 0 Å². The highest BCUT2D eigenvalue weighted by Gasteiger charge is 2.22. The van der Waals surface area contributed by atoms with Crippen molar-refractivity contribution in [2.45, 2.75) is 52.6 Å². The van der Waals surface area contributed by atoms with Crippen LogP contribution in [-0.4, -0.2) is 16.5 Å². The highest BCUT2D eigenvalue weighted by molar-refractivity contribution is 5.86. The third kappa shape index (κ3) is 3.82. The fourth-order valence-corrected chi connectivity index (χ4v) is 3.59. The second-order valence-electron chi connectivity index (χ2n) is 7.28. The van der Waals surface area contributed by atoms with Gasteiger partial charge < -0.3 is 9.88 Å². The average molecular weight is 348 g/mol. The number of para-hydroxylation sites is 1. The van der Waals surface area contributed by atoms with Crippen LogP contribution in [0, 0.1) is 6.92 Å². The van der Waals surface area contributed by atoms with E-state index in [0.29, 0.717) is 6.42 Å². The standard InChI is InChI=1S/C23H28N2O/c1-5-25-15-21(19-8-6-7-9-22(19)25)20(14-23(26)24-16(2)3)18-12-10-17(4)11-13-18/h6-13,15-16,20H,5,14H2,1-4H3,(H,24,26). The predicted octanol–water partition coefficient (Wildman–Crippen LogP) is 5.02. The van der Waals surface area contributed by atoms with Crippen molar-refractivity contribution in [3.05, 3.63) is 71.4 Å². The lowest BCUT2D eigenvalue weighted by molar-refractivity contribution is -0.121. The summed E-state index contributed by atoms with van der Waals surface area (Å²) in [5, 5.41) is 4.28. The first-order valence-electron chi connectivity index (χ1n) is 9.43.